The van der Waals surface area contributed by atoms with Crippen molar-refractivity contribution in [3.63, 3.8) is 0 Å². The standard InChI is InChI=1S/C10H10O4/c1-7(11)13-10-6-12-14-9-5-3-2-4-8(9)10/h2-5,10H,6H2,1H3. The van der Waals surface area contributed by atoms with Gasteiger partial charge in [0.05, 0.1) is 0 Å². The average molecular weight is 194 g/mol. The Bertz CT molecular complexity index is 348. The van der Waals surface area contributed by atoms with Crippen LogP contribution in [0, 0.1) is 0 Å². The molecular weight excluding hydrogens is 184 g/mol. The highest BCUT2D eigenvalue weighted by Gasteiger charge is 2.24. The molecule has 4 heteroatoms. The molecule has 1 heterocycles. The minimum absolute atomic E-state index is 0.233. The van der Waals surface area contributed by atoms with Crippen LogP contribution in [0.25, 0.3) is 0 Å². The summed E-state index contributed by atoms with van der Waals surface area (Å²) in [5.74, 6) is 0.278. The first-order chi connectivity index (χ1) is 6.77. The summed E-state index contributed by atoms with van der Waals surface area (Å²) in [7, 11) is 0. The molecule has 1 aromatic rings. The Kier molecular flexibility index (Phi) is 2.37. The van der Waals surface area contributed by atoms with Crippen LogP contribution >= 0.6 is 0 Å². The van der Waals surface area contributed by atoms with Gasteiger partial charge in [-0.25, -0.2) is 0 Å². The third-order valence-electron chi connectivity index (χ3n) is 1.94. The summed E-state index contributed by atoms with van der Waals surface area (Å²) >= 11 is 0. The van der Waals surface area contributed by atoms with E-state index in [2.05, 4.69) is 0 Å². The quantitative estimate of drug-likeness (QED) is 0.503. The highest BCUT2D eigenvalue weighted by Crippen LogP contribution is 2.31. The van der Waals surface area contributed by atoms with Crippen molar-refractivity contribution in [1.82, 2.24) is 0 Å². The summed E-state index contributed by atoms with van der Waals surface area (Å²) in [5.41, 5.74) is 0.842. The maximum absolute atomic E-state index is 10.8. The molecule has 0 saturated heterocycles. The first kappa shape index (κ1) is 9.02. The number of esters is 1. The van der Waals surface area contributed by atoms with E-state index in [0.717, 1.165) is 5.56 Å². The molecule has 0 amide bonds. The summed E-state index contributed by atoms with van der Waals surface area (Å²) in [6.45, 7) is 1.61. The normalized spacial score (nSPS) is 19.4. The Hall–Kier alpha value is -1.55. The van der Waals surface area contributed by atoms with Gasteiger partial charge in [-0.3, -0.25) is 4.79 Å². The molecule has 0 N–H and O–H groups in total. The molecule has 0 aromatic heterocycles. The first-order valence-electron chi connectivity index (χ1n) is 4.33. The van der Waals surface area contributed by atoms with Crippen molar-refractivity contribution in [3.8, 4) is 5.75 Å². The molecule has 0 saturated carbocycles. The second-order valence-corrected chi connectivity index (χ2v) is 3.00. The van der Waals surface area contributed by atoms with E-state index < -0.39 is 0 Å². The third kappa shape index (κ3) is 1.70. The molecule has 4 nitrogen and oxygen atoms in total. The fraction of sp³-hybridized carbons (Fsp3) is 0.300. The Morgan fingerprint density at radius 2 is 2.29 bits per heavy atom. The smallest absolute Gasteiger partial charge is 0.303 e. The van der Waals surface area contributed by atoms with Crippen LogP contribution in [0.5, 0.6) is 5.75 Å². The van der Waals surface area contributed by atoms with Crippen molar-refractivity contribution >= 4 is 5.97 Å². The Labute approximate surface area is 81.3 Å². The molecule has 0 radical (unpaired) electrons. The van der Waals surface area contributed by atoms with Gasteiger partial charge in [-0.15, -0.1) is 0 Å². The van der Waals surface area contributed by atoms with Gasteiger partial charge in [0.25, 0.3) is 0 Å². The molecule has 0 spiro atoms. The molecule has 0 bridgehead atoms. The maximum atomic E-state index is 10.8. The highest BCUT2D eigenvalue weighted by molar-refractivity contribution is 5.66. The largest absolute Gasteiger partial charge is 0.455 e. The minimum Gasteiger partial charge on any atom is -0.455 e. The number of ether oxygens (including phenoxy) is 1. The summed E-state index contributed by atoms with van der Waals surface area (Å²) in [4.78, 5) is 20.6. The van der Waals surface area contributed by atoms with E-state index in [4.69, 9.17) is 14.5 Å². The summed E-state index contributed by atoms with van der Waals surface area (Å²) < 4.78 is 5.07. The van der Waals surface area contributed by atoms with Gasteiger partial charge in [0, 0.05) is 12.5 Å². The predicted molar refractivity (Wildman–Crippen MR) is 47.5 cm³/mol. The Morgan fingerprint density at radius 3 is 3.07 bits per heavy atom. The molecule has 1 unspecified atom stereocenters. The summed E-state index contributed by atoms with van der Waals surface area (Å²) in [5, 5.41) is 0. The van der Waals surface area contributed by atoms with Crippen LogP contribution < -0.4 is 4.89 Å². The van der Waals surface area contributed by atoms with E-state index >= 15 is 0 Å². The number of rotatable bonds is 1. The van der Waals surface area contributed by atoms with Crippen LogP contribution in [-0.4, -0.2) is 12.6 Å². The van der Waals surface area contributed by atoms with Crippen LogP contribution in [0.2, 0.25) is 0 Å². The van der Waals surface area contributed by atoms with Gasteiger partial charge in [0.1, 0.15) is 6.61 Å². The van der Waals surface area contributed by atoms with Gasteiger partial charge in [0.15, 0.2) is 11.9 Å². The Balaban J connectivity index is 2.26. The Morgan fingerprint density at radius 1 is 1.50 bits per heavy atom. The molecule has 2 rings (SSSR count). The lowest BCUT2D eigenvalue weighted by Gasteiger charge is -2.23. The van der Waals surface area contributed by atoms with Crippen molar-refractivity contribution in [2.24, 2.45) is 0 Å². The van der Waals surface area contributed by atoms with E-state index in [1.807, 2.05) is 18.2 Å². The van der Waals surface area contributed by atoms with Crippen molar-refractivity contribution in [3.05, 3.63) is 29.8 Å². The molecule has 0 aliphatic carbocycles. The van der Waals surface area contributed by atoms with E-state index in [-0.39, 0.29) is 18.7 Å². The zero-order valence-corrected chi connectivity index (χ0v) is 7.73. The van der Waals surface area contributed by atoms with Crippen molar-refractivity contribution in [2.45, 2.75) is 13.0 Å². The van der Waals surface area contributed by atoms with Crippen LogP contribution in [-0.2, 0) is 14.4 Å². The molecule has 1 aromatic carbocycles. The minimum atomic E-state index is -0.363. The molecule has 1 aliphatic rings. The molecule has 14 heavy (non-hydrogen) atoms. The number of carbonyl (C=O) groups is 1. The third-order valence-corrected chi connectivity index (χ3v) is 1.94. The second-order valence-electron chi connectivity index (χ2n) is 3.00. The molecule has 1 aliphatic heterocycles. The lowest BCUT2D eigenvalue weighted by molar-refractivity contribution is -0.242. The van der Waals surface area contributed by atoms with Crippen LogP contribution in [0.1, 0.15) is 18.6 Å². The fourth-order valence-electron chi connectivity index (χ4n) is 1.37. The average Bonchev–Trinajstić information content (AvgIpc) is 2.18. The zero-order chi connectivity index (χ0) is 9.97. The van der Waals surface area contributed by atoms with Gasteiger partial charge < -0.3 is 9.62 Å². The maximum Gasteiger partial charge on any atom is 0.303 e. The van der Waals surface area contributed by atoms with Crippen LogP contribution in [0.4, 0.5) is 0 Å². The van der Waals surface area contributed by atoms with Gasteiger partial charge >= 0.3 is 5.97 Å². The van der Waals surface area contributed by atoms with Gasteiger partial charge in [-0.2, -0.15) is 4.89 Å². The van der Waals surface area contributed by atoms with Crippen molar-refractivity contribution in [1.29, 1.82) is 0 Å². The summed E-state index contributed by atoms with van der Waals surface area (Å²) in [6.07, 6.45) is -0.363. The van der Waals surface area contributed by atoms with E-state index in [1.54, 1.807) is 6.07 Å². The number of fused-ring (bicyclic) bond motifs is 1. The van der Waals surface area contributed by atoms with Crippen molar-refractivity contribution < 1.29 is 19.3 Å². The van der Waals surface area contributed by atoms with Gasteiger partial charge in [0.2, 0.25) is 0 Å². The number of benzene rings is 1. The van der Waals surface area contributed by atoms with Gasteiger partial charge in [-0.1, -0.05) is 18.2 Å². The number of carbonyl (C=O) groups excluding carboxylic acids is 1. The lowest BCUT2D eigenvalue weighted by Crippen LogP contribution is -2.21. The topological polar surface area (TPSA) is 44.8 Å². The number of para-hydroxylation sites is 1. The van der Waals surface area contributed by atoms with Gasteiger partial charge in [-0.05, 0) is 6.07 Å². The molecule has 74 valence electrons. The highest BCUT2D eigenvalue weighted by atomic mass is 17.2. The fourth-order valence-corrected chi connectivity index (χ4v) is 1.37. The monoisotopic (exact) mass is 194 g/mol. The second kappa shape index (κ2) is 3.67. The SMILES string of the molecule is CC(=O)OC1COOc2ccccc21. The van der Waals surface area contributed by atoms with E-state index in [0.29, 0.717) is 5.75 Å². The molecule has 1 atom stereocenters. The number of hydrogen-bond donors (Lipinski definition) is 0. The van der Waals surface area contributed by atoms with Crippen molar-refractivity contribution in [2.75, 3.05) is 6.61 Å². The predicted octanol–water partition coefficient (Wildman–Crippen LogP) is 1.61. The van der Waals surface area contributed by atoms with Crippen LogP contribution in [0.15, 0.2) is 24.3 Å². The first-order valence-corrected chi connectivity index (χ1v) is 4.33. The molecule has 0 fully saturated rings. The number of hydrogen-bond acceptors (Lipinski definition) is 4. The zero-order valence-electron chi connectivity index (χ0n) is 7.73. The van der Waals surface area contributed by atoms with Crippen LogP contribution in [0.3, 0.4) is 0 Å². The van der Waals surface area contributed by atoms with E-state index in [1.165, 1.54) is 6.92 Å². The molecular formula is C10H10O4. The lowest BCUT2D eigenvalue weighted by atomic mass is 10.1. The summed E-state index contributed by atoms with van der Waals surface area (Å²) in [6, 6.07) is 7.32. The van der Waals surface area contributed by atoms with E-state index in [9.17, 15) is 4.79 Å².